The Labute approximate surface area is 199 Å². The molecule has 1 aromatic heterocycles. The van der Waals surface area contributed by atoms with Crippen LogP contribution in [-0.4, -0.2) is 35.0 Å². The lowest BCUT2D eigenvalue weighted by molar-refractivity contribution is -0.121. The Hall–Kier alpha value is -3.46. The fourth-order valence-electron chi connectivity index (χ4n) is 4.61. The van der Waals surface area contributed by atoms with E-state index in [1.807, 2.05) is 29.1 Å². The van der Waals surface area contributed by atoms with Gasteiger partial charge in [0.15, 0.2) is 0 Å². The van der Waals surface area contributed by atoms with Gasteiger partial charge in [-0.15, -0.1) is 0 Å². The number of anilines is 1. The Morgan fingerprint density at radius 1 is 1.29 bits per heavy atom. The Morgan fingerprint density at radius 2 is 2.09 bits per heavy atom. The molecular formula is C25H32N6O3. The average molecular weight is 465 g/mol. The molecule has 5 rings (SSSR count). The first-order chi connectivity index (χ1) is 16.4. The zero-order valence-electron chi connectivity index (χ0n) is 19.6. The first-order valence-electron chi connectivity index (χ1n) is 11.8. The molecular weight excluding hydrogens is 432 g/mol. The molecule has 3 fully saturated rings. The molecule has 1 unspecified atom stereocenters. The number of methoxy groups -OCH3 is 1. The van der Waals surface area contributed by atoms with Gasteiger partial charge in [-0.3, -0.25) is 9.48 Å². The van der Waals surface area contributed by atoms with E-state index < -0.39 is 0 Å². The smallest absolute Gasteiger partial charge is 0.228 e. The van der Waals surface area contributed by atoms with Crippen LogP contribution in [-0.2, 0) is 9.53 Å². The Kier molecular flexibility index (Phi) is 5.73. The van der Waals surface area contributed by atoms with Gasteiger partial charge in [-0.2, -0.15) is 5.10 Å². The summed E-state index contributed by atoms with van der Waals surface area (Å²) < 4.78 is 13.8. The third-order valence-electron chi connectivity index (χ3n) is 6.79. The number of nitrogens with zero attached hydrogens (tertiary/aromatic N) is 2. The number of hydrogen-bond donors (Lipinski definition) is 4. The van der Waals surface area contributed by atoms with Crippen molar-refractivity contribution in [2.45, 2.75) is 50.7 Å². The van der Waals surface area contributed by atoms with E-state index >= 15 is 0 Å². The summed E-state index contributed by atoms with van der Waals surface area (Å²) in [5.41, 5.74) is 15.9. The molecule has 2 aromatic rings. The molecule has 0 bridgehead atoms. The second-order valence-electron chi connectivity index (χ2n) is 9.40. The molecule has 1 saturated heterocycles. The molecule has 1 atom stereocenters. The highest BCUT2D eigenvalue weighted by Crippen LogP contribution is 2.53. The first kappa shape index (κ1) is 22.3. The Morgan fingerprint density at radius 3 is 2.76 bits per heavy atom. The zero-order valence-corrected chi connectivity index (χ0v) is 19.6. The van der Waals surface area contributed by atoms with E-state index in [4.69, 9.17) is 20.9 Å². The van der Waals surface area contributed by atoms with Gasteiger partial charge < -0.3 is 31.6 Å². The van der Waals surface area contributed by atoms with Gasteiger partial charge in [-0.05, 0) is 45.1 Å². The summed E-state index contributed by atoms with van der Waals surface area (Å²) >= 11 is 0. The van der Waals surface area contributed by atoms with E-state index in [1.54, 1.807) is 20.1 Å². The summed E-state index contributed by atoms with van der Waals surface area (Å²) in [7, 11) is 1.64. The highest BCUT2D eigenvalue weighted by atomic mass is 16.5. The maximum atomic E-state index is 12.0. The lowest BCUT2D eigenvalue weighted by atomic mass is 10.1. The van der Waals surface area contributed by atoms with Crippen molar-refractivity contribution in [1.82, 2.24) is 15.1 Å². The normalized spacial score (nSPS) is 21.8. The molecule has 1 spiro atoms. The van der Waals surface area contributed by atoms with Crippen molar-refractivity contribution in [3.63, 3.8) is 0 Å². The van der Waals surface area contributed by atoms with Crippen LogP contribution in [0.4, 0.5) is 5.69 Å². The fraction of sp³-hybridized carbons (Fsp3) is 0.440. The molecule has 2 aliphatic carbocycles. The molecule has 180 valence electrons. The van der Waals surface area contributed by atoms with Crippen LogP contribution in [0.15, 0.2) is 53.9 Å². The second kappa shape index (κ2) is 8.72. The van der Waals surface area contributed by atoms with Gasteiger partial charge >= 0.3 is 0 Å². The van der Waals surface area contributed by atoms with E-state index in [1.165, 1.54) is 0 Å². The number of aromatic nitrogens is 2. The van der Waals surface area contributed by atoms with Crippen LogP contribution in [0.2, 0.25) is 0 Å². The fourth-order valence-corrected chi connectivity index (χ4v) is 4.61. The zero-order chi connectivity index (χ0) is 23.9. The molecule has 1 aromatic carbocycles. The number of carbonyl (C=O) groups is 1. The number of nitrogens with one attached hydrogen (secondary N) is 2. The monoisotopic (exact) mass is 464 g/mol. The minimum atomic E-state index is -0.0556. The molecule has 1 amide bonds. The maximum Gasteiger partial charge on any atom is 0.228 e. The van der Waals surface area contributed by atoms with E-state index in [2.05, 4.69) is 21.9 Å². The van der Waals surface area contributed by atoms with Crippen molar-refractivity contribution in [2.24, 2.45) is 17.4 Å². The summed E-state index contributed by atoms with van der Waals surface area (Å²) in [6.07, 6.45) is 10.6. The number of benzene rings is 1. The summed E-state index contributed by atoms with van der Waals surface area (Å²) in [5, 5.41) is 10.7. The number of rotatable bonds is 8. The van der Waals surface area contributed by atoms with Crippen LogP contribution in [0, 0.1) is 5.92 Å². The number of nitrogens with two attached hydrogens (primary N) is 2. The summed E-state index contributed by atoms with van der Waals surface area (Å²) in [6.45, 7) is 2.56. The lowest BCUT2D eigenvalue weighted by Crippen LogP contribution is -2.29. The highest BCUT2D eigenvalue weighted by molar-refractivity contribution is 5.82. The number of carbonyl (C=O) groups excluding carboxylic acids is 1. The van der Waals surface area contributed by atoms with Crippen LogP contribution in [0.25, 0.3) is 11.1 Å². The number of amides is 1. The number of allylic oxidation sites excluding steroid dienone is 2. The van der Waals surface area contributed by atoms with Crippen molar-refractivity contribution >= 4 is 11.6 Å². The molecule has 1 aliphatic heterocycles. The van der Waals surface area contributed by atoms with Crippen LogP contribution in [0.3, 0.4) is 0 Å². The van der Waals surface area contributed by atoms with Crippen LogP contribution < -0.4 is 26.8 Å². The maximum absolute atomic E-state index is 12.0. The van der Waals surface area contributed by atoms with Gasteiger partial charge in [0.2, 0.25) is 5.91 Å². The van der Waals surface area contributed by atoms with E-state index in [-0.39, 0.29) is 29.3 Å². The van der Waals surface area contributed by atoms with Crippen molar-refractivity contribution < 1.29 is 14.3 Å². The molecule has 0 radical (unpaired) electrons. The van der Waals surface area contributed by atoms with E-state index in [9.17, 15) is 4.79 Å². The minimum Gasteiger partial charge on any atom is -0.494 e. The van der Waals surface area contributed by atoms with Gasteiger partial charge in [-0.1, -0.05) is 12.1 Å². The van der Waals surface area contributed by atoms with Gasteiger partial charge in [0, 0.05) is 41.6 Å². The third-order valence-corrected chi connectivity index (χ3v) is 6.79. The number of ether oxygens (including phenoxy) is 2. The quantitative estimate of drug-likeness (QED) is 0.442. The highest BCUT2D eigenvalue weighted by Gasteiger charge is 2.55. The topological polar surface area (TPSA) is 129 Å². The summed E-state index contributed by atoms with van der Waals surface area (Å²) in [6, 6.07) is 6.14. The van der Waals surface area contributed by atoms with Gasteiger partial charge in [0.05, 0.1) is 36.3 Å². The van der Waals surface area contributed by atoms with Crippen molar-refractivity contribution in [3.05, 3.63) is 53.9 Å². The van der Waals surface area contributed by atoms with Gasteiger partial charge in [0.25, 0.3) is 0 Å². The molecule has 9 heteroatoms. The molecule has 34 heavy (non-hydrogen) atoms. The second-order valence-corrected chi connectivity index (χ2v) is 9.40. The largest absolute Gasteiger partial charge is 0.494 e. The van der Waals surface area contributed by atoms with Crippen molar-refractivity contribution in [3.8, 4) is 16.9 Å². The van der Waals surface area contributed by atoms with Crippen LogP contribution >= 0.6 is 0 Å². The SMILES string of the molecule is COc1c(NC(/C=C(\N)NC(=O)C2CC2)=C(\C)N)cccc1-c1cnn(C2CCOC23CC3)c1. The van der Waals surface area contributed by atoms with Crippen LogP contribution in [0.1, 0.15) is 45.1 Å². The predicted octanol–water partition coefficient (Wildman–Crippen LogP) is 2.98. The number of hydrogen-bond acceptors (Lipinski definition) is 7. The van der Waals surface area contributed by atoms with E-state index in [0.717, 1.165) is 55.5 Å². The summed E-state index contributed by atoms with van der Waals surface area (Å²) in [4.78, 5) is 12.0. The van der Waals surface area contributed by atoms with Gasteiger partial charge in [-0.25, -0.2) is 0 Å². The van der Waals surface area contributed by atoms with Crippen LogP contribution in [0.5, 0.6) is 5.75 Å². The van der Waals surface area contributed by atoms with Crippen molar-refractivity contribution in [2.75, 3.05) is 19.0 Å². The van der Waals surface area contributed by atoms with E-state index in [0.29, 0.717) is 17.1 Å². The standard InChI is InChI=1S/C25H32N6O3/c1-15(26)20(12-22(27)30-24(32)16-6-7-16)29-19-5-3-4-18(23(19)33-2)17-13-28-31(14-17)21-8-11-34-25(21)9-10-25/h3-5,12-14,16,21,29H,6-11,26-27H2,1-2H3,(H,30,32)/b20-15+,22-12+. The molecule has 2 heterocycles. The third kappa shape index (κ3) is 4.35. The molecule has 6 N–H and O–H groups in total. The summed E-state index contributed by atoms with van der Waals surface area (Å²) in [5.74, 6) is 0.918. The minimum absolute atomic E-state index is 0.0175. The molecule has 9 nitrogen and oxygen atoms in total. The molecule has 3 aliphatic rings. The number of para-hydroxylation sites is 1. The lowest BCUT2D eigenvalue weighted by Gasteiger charge is -2.18. The first-order valence-corrected chi connectivity index (χ1v) is 11.8. The average Bonchev–Trinajstić information content (AvgIpc) is 3.70. The Bertz CT molecular complexity index is 1160. The van der Waals surface area contributed by atoms with Crippen molar-refractivity contribution in [1.29, 1.82) is 0 Å². The molecule has 2 saturated carbocycles. The predicted molar refractivity (Wildman–Crippen MR) is 129 cm³/mol. The van der Waals surface area contributed by atoms with Gasteiger partial charge in [0.1, 0.15) is 11.6 Å². The Balaban J connectivity index is 1.39.